The van der Waals surface area contributed by atoms with E-state index in [1.165, 1.54) is 349 Å². The lowest BCUT2D eigenvalue weighted by Crippen LogP contribution is -2.13. The summed E-state index contributed by atoms with van der Waals surface area (Å²) in [4.78, 5) is 0. The molecule has 0 fully saturated rings. The molecule has 126 heavy (non-hydrogen) atoms. The Labute approximate surface area is 803 Å². The van der Waals surface area contributed by atoms with Crippen molar-refractivity contribution in [2.45, 2.75) is 273 Å². The second-order valence-corrected chi connectivity index (χ2v) is 43.2. The number of unbranched alkanes of at least 4 members (excludes halogenated alkanes) is 18. The molecule has 0 N–H and O–H groups in total. The highest BCUT2D eigenvalue weighted by atomic mass is 79.9. The SMILES string of the molecule is CCCCCCc1ccc2c(c1-c1c(-c3c(CCCCCC)ccc4c3Cc3cc(Br)ccc3-4)c(-c3c(CCCCCC)ccc4c3Cc3cc(Br)ccc3-4)c(-c3c(CCCCCC)ccc4c3Cc3cc(Br)ccc3-4)c(-c3c(CCCCCC)ccc4c3Cc3cc(Br)ccc3-4)c1-c1c(CCCCCC)ccc3c1Cc1cc(Br)ccc1-3)Cc1cc(Br)ccc1-2. The van der Waals surface area contributed by atoms with Gasteiger partial charge in [0, 0.05) is 26.8 Å². The number of benzene rings is 13. The summed E-state index contributed by atoms with van der Waals surface area (Å²) >= 11 is 25.1. The summed E-state index contributed by atoms with van der Waals surface area (Å²) in [5.74, 6) is 0. The van der Waals surface area contributed by atoms with Crippen molar-refractivity contribution in [3.8, 4) is 134 Å². The third-order valence-corrected chi connectivity index (χ3v) is 32.5. The minimum Gasteiger partial charge on any atom is -0.0654 e. The monoisotopic (exact) mass is 2030 g/mol. The molecule has 0 aliphatic heterocycles. The molecule has 6 aliphatic rings. The lowest BCUT2D eigenvalue weighted by Gasteiger charge is -2.36. The van der Waals surface area contributed by atoms with E-state index in [4.69, 9.17) is 0 Å². The third kappa shape index (κ3) is 16.8. The number of hydrogen-bond donors (Lipinski definition) is 0. The number of fused-ring (bicyclic) bond motifs is 18. The van der Waals surface area contributed by atoms with E-state index in [9.17, 15) is 0 Å². The summed E-state index contributed by atoms with van der Waals surface area (Å²) in [5, 5.41) is 0. The zero-order chi connectivity index (χ0) is 86.4. The molecule has 13 aromatic carbocycles. The van der Waals surface area contributed by atoms with Crippen molar-refractivity contribution in [3.05, 3.63) is 309 Å². The van der Waals surface area contributed by atoms with Crippen molar-refractivity contribution < 1.29 is 0 Å². The van der Waals surface area contributed by atoms with Crippen LogP contribution in [0, 0.1) is 0 Å². The van der Waals surface area contributed by atoms with Gasteiger partial charge in [-0.25, -0.2) is 0 Å². The largest absolute Gasteiger partial charge is 0.0654 e. The van der Waals surface area contributed by atoms with E-state index in [1.54, 1.807) is 0 Å². The molecule has 642 valence electrons. The van der Waals surface area contributed by atoms with Gasteiger partial charge in [-0.1, -0.05) is 362 Å². The van der Waals surface area contributed by atoms with Gasteiger partial charge in [0.05, 0.1) is 0 Å². The maximum absolute atomic E-state index is 4.18. The molecular formula is C120H120Br6. The van der Waals surface area contributed by atoms with E-state index in [2.05, 4.69) is 319 Å². The molecule has 0 unspecified atom stereocenters. The van der Waals surface area contributed by atoms with Crippen LogP contribution in [0.2, 0.25) is 0 Å². The average Bonchev–Trinajstić information content (AvgIpc) is 1.27. The van der Waals surface area contributed by atoms with Crippen LogP contribution in [-0.2, 0) is 77.0 Å². The highest BCUT2D eigenvalue weighted by Gasteiger charge is 2.44. The maximum atomic E-state index is 4.18. The van der Waals surface area contributed by atoms with Crippen molar-refractivity contribution >= 4 is 95.6 Å². The Balaban J connectivity index is 1.17. The molecule has 0 bridgehead atoms. The molecule has 0 radical (unpaired) electrons. The average molecular weight is 2040 g/mol. The lowest BCUT2D eigenvalue weighted by atomic mass is 9.66. The van der Waals surface area contributed by atoms with Crippen LogP contribution in [0.4, 0.5) is 0 Å². The van der Waals surface area contributed by atoms with Gasteiger partial charge < -0.3 is 0 Å². The van der Waals surface area contributed by atoms with E-state index in [-0.39, 0.29) is 0 Å². The quantitative estimate of drug-likeness (QED) is 0.0343. The van der Waals surface area contributed by atoms with Gasteiger partial charge in [-0.05, 0) is 422 Å². The molecule has 0 saturated heterocycles. The molecule has 0 amide bonds. The van der Waals surface area contributed by atoms with Gasteiger partial charge in [0.25, 0.3) is 0 Å². The van der Waals surface area contributed by atoms with E-state index < -0.39 is 0 Å². The van der Waals surface area contributed by atoms with Crippen molar-refractivity contribution in [1.82, 2.24) is 0 Å². The Hall–Kier alpha value is -7.26. The van der Waals surface area contributed by atoms with Crippen molar-refractivity contribution in [2.75, 3.05) is 0 Å². The first-order valence-electron chi connectivity index (χ1n) is 48.6. The number of aryl methyl sites for hydroxylation is 6. The maximum Gasteiger partial charge on any atom is 0.0178 e. The smallest absolute Gasteiger partial charge is 0.0178 e. The zero-order valence-electron chi connectivity index (χ0n) is 75.0. The number of hydrogen-bond acceptors (Lipinski definition) is 0. The van der Waals surface area contributed by atoms with Gasteiger partial charge in [-0.15, -0.1) is 0 Å². The predicted octanol–water partition coefficient (Wildman–Crippen LogP) is 38.4. The second-order valence-electron chi connectivity index (χ2n) is 37.7. The summed E-state index contributed by atoms with van der Waals surface area (Å²) in [6.45, 7) is 14.4. The van der Waals surface area contributed by atoms with Gasteiger partial charge >= 0.3 is 0 Å². The lowest BCUT2D eigenvalue weighted by molar-refractivity contribution is 0.666. The highest BCUT2D eigenvalue weighted by molar-refractivity contribution is 9.11. The van der Waals surface area contributed by atoms with Crippen LogP contribution < -0.4 is 0 Å². The molecule has 6 heteroatoms. The zero-order valence-corrected chi connectivity index (χ0v) is 84.6. The van der Waals surface area contributed by atoms with Crippen molar-refractivity contribution in [3.63, 3.8) is 0 Å². The third-order valence-electron chi connectivity index (χ3n) is 29.5. The molecule has 0 heterocycles. The Morgan fingerprint density at radius 2 is 0.302 bits per heavy atom. The van der Waals surface area contributed by atoms with Crippen LogP contribution in [0.3, 0.4) is 0 Å². The molecule has 13 aromatic rings. The fourth-order valence-electron chi connectivity index (χ4n) is 23.6. The topological polar surface area (TPSA) is 0 Å². The van der Waals surface area contributed by atoms with Gasteiger partial charge in [-0.2, -0.15) is 0 Å². The van der Waals surface area contributed by atoms with Crippen LogP contribution in [0.15, 0.2) is 209 Å². The van der Waals surface area contributed by atoms with E-state index >= 15 is 0 Å². The minimum atomic E-state index is 0.836. The Kier molecular flexibility index (Phi) is 27.3. The summed E-state index contributed by atoms with van der Waals surface area (Å²) in [5.41, 5.74) is 61.1. The molecule has 0 aromatic heterocycles. The van der Waals surface area contributed by atoms with Crippen LogP contribution >= 0.6 is 95.6 Å². The Morgan fingerprint density at radius 1 is 0.159 bits per heavy atom. The Morgan fingerprint density at radius 3 is 0.444 bits per heavy atom. The number of rotatable bonds is 36. The van der Waals surface area contributed by atoms with Crippen molar-refractivity contribution in [1.29, 1.82) is 0 Å². The van der Waals surface area contributed by atoms with Crippen LogP contribution in [0.1, 0.15) is 296 Å². The first-order chi connectivity index (χ1) is 61.8. The Bertz CT molecular complexity index is 5380. The van der Waals surface area contributed by atoms with E-state index in [0.29, 0.717) is 0 Å². The highest BCUT2D eigenvalue weighted by Crippen LogP contribution is 2.67. The first kappa shape index (κ1) is 88.0. The molecule has 6 aliphatic carbocycles. The van der Waals surface area contributed by atoms with Crippen LogP contribution in [0.5, 0.6) is 0 Å². The van der Waals surface area contributed by atoms with Gasteiger partial charge in [-0.3, -0.25) is 0 Å². The molecule has 19 rings (SSSR count). The van der Waals surface area contributed by atoms with E-state index in [1.807, 2.05) is 0 Å². The molecule has 0 nitrogen and oxygen atoms in total. The van der Waals surface area contributed by atoms with Gasteiger partial charge in [0.1, 0.15) is 0 Å². The summed E-state index contributed by atoms with van der Waals surface area (Å²) in [6.07, 6.45) is 39.0. The van der Waals surface area contributed by atoms with Crippen LogP contribution in [0.25, 0.3) is 134 Å². The molecular weight excluding hydrogens is 1920 g/mol. The summed E-state index contributed by atoms with van der Waals surface area (Å²) in [6, 6.07) is 76.0. The van der Waals surface area contributed by atoms with Crippen molar-refractivity contribution in [2.24, 2.45) is 0 Å². The van der Waals surface area contributed by atoms with Crippen LogP contribution in [-0.4, -0.2) is 0 Å². The molecule has 0 atom stereocenters. The standard InChI is InChI=1S/C120H120Br6/c1-7-13-19-25-31-73-37-49-97-91-55-43-85(121)61-79(91)67-103(97)109(73)115-116(110-74(32-26-20-14-8-2)38-50-98-92-56-44-86(122)62-80(92)68-104(98)110)118(112-76(34-28-22-16-10-4)40-52-100-94-58-46-88(124)64-82(94)70-106(100)112)120(114-78(36-30-24-18-12-6)42-54-102-96-60-48-90(126)66-84(96)72-108(102)114)119(113-77(35-29-23-17-11-5)41-53-101-95-59-47-89(125)65-83(95)71-107(101)113)117(115)111-75(33-27-21-15-9-3)39-51-99-93-57-45-87(123)63-81(93)69-105(99)111/h37-66H,7-36,67-72H2,1-6H3. The number of halogens is 6. The van der Waals surface area contributed by atoms with E-state index in [0.717, 1.165) is 142 Å². The van der Waals surface area contributed by atoms with Gasteiger partial charge in [0.15, 0.2) is 0 Å². The molecule has 0 saturated carbocycles. The summed E-state index contributed by atoms with van der Waals surface area (Å²) < 4.78 is 6.88. The normalized spacial score (nSPS) is 13.0. The van der Waals surface area contributed by atoms with Gasteiger partial charge in [0.2, 0.25) is 0 Å². The molecule has 0 spiro atoms. The predicted molar refractivity (Wildman–Crippen MR) is 562 cm³/mol. The fraction of sp³-hybridized carbons (Fsp3) is 0.350. The summed E-state index contributed by atoms with van der Waals surface area (Å²) in [7, 11) is 0. The first-order valence-corrected chi connectivity index (χ1v) is 53.4. The second kappa shape index (κ2) is 39.0. The minimum absolute atomic E-state index is 0.836. The fourth-order valence-corrected chi connectivity index (χ4v) is 26.0.